The number of alkyl halides is 2. The van der Waals surface area contributed by atoms with Crippen LogP contribution in [-0.2, 0) is 4.84 Å². The summed E-state index contributed by atoms with van der Waals surface area (Å²) in [6.07, 6.45) is 2.48. The molecule has 4 heteroatoms. The zero-order chi connectivity index (χ0) is 6.91. The van der Waals surface area contributed by atoms with Gasteiger partial charge in [0.2, 0.25) is 0 Å². The molecule has 0 aromatic heterocycles. The van der Waals surface area contributed by atoms with E-state index in [1.54, 1.807) is 6.42 Å². The van der Waals surface area contributed by atoms with E-state index in [4.69, 9.17) is 23.2 Å². The molecule has 0 bridgehead atoms. The summed E-state index contributed by atoms with van der Waals surface area (Å²) >= 11 is 11.3. The lowest BCUT2D eigenvalue weighted by atomic mass is 9.96. The molecule has 2 nitrogen and oxygen atoms in total. The van der Waals surface area contributed by atoms with Gasteiger partial charge in [-0.2, -0.15) is 0 Å². The molecule has 0 N–H and O–H groups in total. The van der Waals surface area contributed by atoms with Crippen LogP contribution in [0.1, 0.15) is 6.42 Å². The molecule has 0 amide bonds. The van der Waals surface area contributed by atoms with Crippen molar-refractivity contribution in [3.8, 4) is 0 Å². The minimum atomic E-state index is -0.865. The highest BCUT2D eigenvalue weighted by molar-refractivity contribution is 6.62. The van der Waals surface area contributed by atoms with Crippen LogP contribution in [0.3, 0.4) is 0 Å². The van der Waals surface area contributed by atoms with Crippen molar-refractivity contribution >= 4 is 28.9 Å². The van der Waals surface area contributed by atoms with Crippen molar-refractivity contribution in [3.63, 3.8) is 0 Å². The van der Waals surface area contributed by atoms with E-state index in [0.717, 1.165) is 6.42 Å². The number of hydrogen-bond acceptors (Lipinski definition) is 2. The fourth-order valence-electron chi connectivity index (χ4n) is 0.556. The lowest BCUT2D eigenvalue weighted by Crippen LogP contribution is -2.37. The number of oxime groups is 1. The van der Waals surface area contributed by atoms with E-state index in [2.05, 4.69) is 9.99 Å². The smallest absolute Gasteiger partial charge is 0.162 e. The number of rotatable bonds is 1. The molecule has 1 saturated carbocycles. The van der Waals surface area contributed by atoms with Crippen LogP contribution in [0.4, 0.5) is 0 Å². The summed E-state index contributed by atoms with van der Waals surface area (Å²) in [5.74, 6) is 0. The van der Waals surface area contributed by atoms with Gasteiger partial charge in [0.25, 0.3) is 0 Å². The Kier molecular flexibility index (Phi) is 1.87. The van der Waals surface area contributed by atoms with E-state index in [1.807, 2.05) is 0 Å². The molecule has 0 atom stereocenters. The Morgan fingerprint density at radius 1 is 1.78 bits per heavy atom. The van der Waals surface area contributed by atoms with Crippen molar-refractivity contribution in [2.75, 3.05) is 7.11 Å². The second-order valence-corrected chi connectivity index (χ2v) is 3.14. The molecule has 1 fully saturated rings. The van der Waals surface area contributed by atoms with Gasteiger partial charge in [-0.1, -0.05) is 28.4 Å². The molecule has 9 heavy (non-hydrogen) atoms. The van der Waals surface area contributed by atoms with E-state index in [1.165, 1.54) is 7.11 Å². The standard InChI is InChI=1S/C5H6Cl2NO/c1-9-8-4-2-3-5(4,6)7/h3H,2H2,1H3. The average molecular weight is 167 g/mol. The largest absolute Gasteiger partial charge is 0.399 e. The maximum Gasteiger partial charge on any atom is 0.162 e. The third-order valence-electron chi connectivity index (χ3n) is 1.14. The lowest BCUT2D eigenvalue weighted by molar-refractivity contribution is 0.210. The van der Waals surface area contributed by atoms with Crippen LogP contribution in [0.25, 0.3) is 0 Å². The predicted molar refractivity (Wildman–Crippen MR) is 37.8 cm³/mol. The van der Waals surface area contributed by atoms with Crippen molar-refractivity contribution < 1.29 is 4.84 Å². The Morgan fingerprint density at radius 3 is 2.56 bits per heavy atom. The Hall–Kier alpha value is 0.0500. The zero-order valence-corrected chi connectivity index (χ0v) is 6.41. The van der Waals surface area contributed by atoms with Crippen LogP contribution in [-0.4, -0.2) is 17.2 Å². The second kappa shape index (κ2) is 2.35. The summed E-state index contributed by atoms with van der Waals surface area (Å²) in [7, 11) is 1.47. The first-order valence-electron chi connectivity index (χ1n) is 2.49. The molecule has 51 valence electrons. The van der Waals surface area contributed by atoms with E-state index in [0.29, 0.717) is 5.71 Å². The SMILES string of the molecule is CON=C1C[CH]C1(Cl)Cl. The minimum absolute atomic E-state index is 0.674. The molecule has 0 aromatic carbocycles. The van der Waals surface area contributed by atoms with Gasteiger partial charge in [-0.3, -0.25) is 0 Å². The van der Waals surface area contributed by atoms with Crippen LogP contribution in [0.2, 0.25) is 0 Å². The highest BCUT2D eigenvalue weighted by Crippen LogP contribution is 2.38. The van der Waals surface area contributed by atoms with E-state index in [9.17, 15) is 0 Å². The first kappa shape index (κ1) is 7.16. The number of hydrogen-bond donors (Lipinski definition) is 0. The van der Waals surface area contributed by atoms with Gasteiger partial charge >= 0.3 is 0 Å². The summed E-state index contributed by atoms with van der Waals surface area (Å²) in [5.41, 5.74) is 0.674. The average Bonchev–Trinajstić information content (AvgIpc) is 1.81. The van der Waals surface area contributed by atoms with Gasteiger partial charge in [0, 0.05) is 6.42 Å². The Labute approximate surface area is 63.8 Å². The molecular weight excluding hydrogens is 161 g/mol. The van der Waals surface area contributed by atoms with Crippen LogP contribution in [0, 0.1) is 6.42 Å². The highest BCUT2D eigenvalue weighted by atomic mass is 35.5. The molecule has 0 spiro atoms. The Bertz CT molecular complexity index is 144. The fourth-order valence-corrected chi connectivity index (χ4v) is 0.934. The van der Waals surface area contributed by atoms with Gasteiger partial charge in [-0.05, 0) is 6.42 Å². The monoisotopic (exact) mass is 166 g/mol. The Morgan fingerprint density at radius 2 is 2.44 bits per heavy atom. The number of nitrogens with zero attached hydrogens (tertiary/aromatic N) is 1. The van der Waals surface area contributed by atoms with Crippen molar-refractivity contribution in [2.24, 2.45) is 5.16 Å². The number of halogens is 2. The molecule has 0 heterocycles. The summed E-state index contributed by atoms with van der Waals surface area (Å²) in [6, 6.07) is 0. The fraction of sp³-hybridized carbons (Fsp3) is 0.600. The van der Waals surface area contributed by atoms with E-state index in [-0.39, 0.29) is 0 Å². The first-order chi connectivity index (χ1) is 4.17. The molecule has 1 rings (SSSR count). The molecule has 1 aliphatic rings. The van der Waals surface area contributed by atoms with Crippen molar-refractivity contribution in [3.05, 3.63) is 6.42 Å². The van der Waals surface area contributed by atoms with E-state index < -0.39 is 4.33 Å². The topological polar surface area (TPSA) is 21.6 Å². The maximum absolute atomic E-state index is 5.65. The third-order valence-corrected chi connectivity index (χ3v) is 1.88. The molecule has 0 aliphatic heterocycles. The molecule has 0 unspecified atom stereocenters. The summed E-state index contributed by atoms with van der Waals surface area (Å²) < 4.78 is -0.865. The van der Waals surface area contributed by atoms with Crippen molar-refractivity contribution in [1.29, 1.82) is 0 Å². The Balaban J connectivity index is 2.55. The molecule has 0 saturated heterocycles. The minimum Gasteiger partial charge on any atom is -0.399 e. The van der Waals surface area contributed by atoms with Gasteiger partial charge in [0.15, 0.2) is 4.33 Å². The van der Waals surface area contributed by atoms with Crippen LogP contribution < -0.4 is 0 Å². The summed E-state index contributed by atoms with van der Waals surface area (Å²) in [5, 5.41) is 3.60. The third kappa shape index (κ3) is 1.30. The first-order valence-corrected chi connectivity index (χ1v) is 3.25. The summed E-state index contributed by atoms with van der Waals surface area (Å²) in [6.45, 7) is 0. The van der Waals surface area contributed by atoms with Crippen molar-refractivity contribution in [1.82, 2.24) is 0 Å². The zero-order valence-electron chi connectivity index (χ0n) is 4.90. The van der Waals surface area contributed by atoms with Crippen LogP contribution in [0.15, 0.2) is 5.16 Å². The van der Waals surface area contributed by atoms with Crippen molar-refractivity contribution in [2.45, 2.75) is 10.8 Å². The lowest BCUT2D eigenvalue weighted by Gasteiger charge is -2.29. The van der Waals surface area contributed by atoms with Crippen LogP contribution in [0.5, 0.6) is 0 Å². The van der Waals surface area contributed by atoms with Gasteiger partial charge in [-0.15, -0.1) is 0 Å². The second-order valence-electron chi connectivity index (χ2n) is 1.75. The van der Waals surface area contributed by atoms with Gasteiger partial charge in [-0.25, -0.2) is 0 Å². The molecule has 0 aromatic rings. The normalized spacial score (nSPS) is 27.7. The summed E-state index contributed by atoms with van der Waals surface area (Å²) in [4.78, 5) is 4.48. The molecule has 1 aliphatic carbocycles. The maximum atomic E-state index is 5.65. The van der Waals surface area contributed by atoms with Gasteiger partial charge < -0.3 is 4.84 Å². The molecule has 1 radical (unpaired) electrons. The van der Waals surface area contributed by atoms with E-state index >= 15 is 0 Å². The predicted octanol–water partition coefficient (Wildman–Crippen LogP) is 1.77. The highest BCUT2D eigenvalue weighted by Gasteiger charge is 2.41. The quantitative estimate of drug-likeness (QED) is 0.430. The van der Waals surface area contributed by atoms with Crippen LogP contribution >= 0.6 is 23.2 Å². The van der Waals surface area contributed by atoms with Gasteiger partial charge in [0.1, 0.15) is 7.11 Å². The molecular formula is C5H6Cl2NO. The van der Waals surface area contributed by atoms with Gasteiger partial charge in [0.05, 0.1) is 5.71 Å².